The molecular formula is C34H52O9. The van der Waals surface area contributed by atoms with Gasteiger partial charge < -0.3 is 29.2 Å². The topological polar surface area (TPSA) is 129 Å². The van der Waals surface area contributed by atoms with Gasteiger partial charge in [-0.2, -0.15) is 0 Å². The zero-order valence-electron chi connectivity index (χ0n) is 27.4. The van der Waals surface area contributed by atoms with E-state index >= 15 is 0 Å². The lowest BCUT2D eigenvalue weighted by atomic mass is 9.39. The van der Waals surface area contributed by atoms with E-state index in [-0.39, 0.29) is 41.5 Å². The maximum Gasteiger partial charge on any atom is 0.310 e. The largest absolute Gasteiger partial charge is 0.462 e. The van der Waals surface area contributed by atoms with Crippen LogP contribution in [0.15, 0.2) is 11.6 Å². The number of aliphatic hydroxyl groups is 2. The van der Waals surface area contributed by atoms with E-state index in [2.05, 4.69) is 26.8 Å². The van der Waals surface area contributed by atoms with E-state index in [1.54, 1.807) is 0 Å². The summed E-state index contributed by atoms with van der Waals surface area (Å²) >= 11 is 0. The molecule has 3 aliphatic carbocycles. The molecule has 9 nitrogen and oxygen atoms in total. The van der Waals surface area contributed by atoms with Gasteiger partial charge in [0.15, 0.2) is 0 Å². The van der Waals surface area contributed by atoms with Crippen molar-refractivity contribution in [2.45, 2.75) is 136 Å². The summed E-state index contributed by atoms with van der Waals surface area (Å²) in [4.78, 5) is 38.2. The quantitative estimate of drug-likeness (QED) is 0.272. The van der Waals surface area contributed by atoms with Crippen molar-refractivity contribution in [3.05, 3.63) is 11.6 Å². The molecule has 0 spiro atoms. The summed E-state index contributed by atoms with van der Waals surface area (Å²) < 4.78 is 24.4. The van der Waals surface area contributed by atoms with E-state index in [4.69, 9.17) is 18.9 Å². The van der Waals surface area contributed by atoms with Gasteiger partial charge in [-0.3, -0.25) is 14.4 Å². The molecule has 0 unspecified atom stereocenters. The molecule has 43 heavy (non-hydrogen) atoms. The van der Waals surface area contributed by atoms with Gasteiger partial charge in [0.1, 0.15) is 23.9 Å². The van der Waals surface area contributed by atoms with Gasteiger partial charge in [-0.25, -0.2) is 0 Å². The van der Waals surface area contributed by atoms with Crippen LogP contribution < -0.4 is 0 Å². The Kier molecular flexibility index (Phi) is 7.95. The third-order valence-corrected chi connectivity index (χ3v) is 12.6. The molecule has 0 aromatic rings. The van der Waals surface area contributed by atoms with Crippen LogP contribution in [-0.4, -0.2) is 70.3 Å². The minimum absolute atomic E-state index is 0.0187. The number of carbonyl (C=O) groups is 3. The second kappa shape index (κ2) is 10.5. The molecule has 0 aromatic carbocycles. The van der Waals surface area contributed by atoms with Crippen molar-refractivity contribution in [2.24, 2.45) is 39.9 Å². The van der Waals surface area contributed by atoms with Crippen molar-refractivity contribution in [2.75, 3.05) is 6.61 Å². The van der Waals surface area contributed by atoms with Crippen LogP contribution in [0.1, 0.15) is 101 Å². The third-order valence-electron chi connectivity index (χ3n) is 12.6. The molecule has 5 aliphatic rings. The monoisotopic (exact) mass is 604 g/mol. The zero-order valence-corrected chi connectivity index (χ0v) is 27.4. The van der Waals surface area contributed by atoms with Crippen LogP contribution in [0.4, 0.5) is 0 Å². The van der Waals surface area contributed by atoms with E-state index < -0.39 is 58.4 Å². The molecule has 2 saturated carbocycles. The number of hydrogen-bond donors (Lipinski definition) is 2. The summed E-state index contributed by atoms with van der Waals surface area (Å²) in [5.74, 6) is -1.28. The normalized spacial score (nSPS) is 47.0. The van der Waals surface area contributed by atoms with E-state index in [0.717, 1.165) is 19.3 Å². The lowest BCUT2D eigenvalue weighted by Gasteiger charge is -2.66. The van der Waals surface area contributed by atoms with Crippen LogP contribution in [0.5, 0.6) is 0 Å². The number of cyclic esters (lactones) is 1. The van der Waals surface area contributed by atoms with Crippen molar-refractivity contribution in [1.82, 2.24) is 0 Å². The number of aliphatic hydroxyl groups excluding tert-OH is 2. The predicted molar refractivity (Wildman–Crippen MR) is 157 cm³/mol. The van der Waals surface area contributed by atoms with E-state index in [9.17, 15) is 24.6 Å². The van der Waals surface area contributed by atoms with Crippen LogP contribution in [0, 0.1) is 39.9 Å². The summed E-state index contributed by atoms with van der Waals surface area (Å²) in [5, 5.41) is 21.7. The third kappa shape index (κ3) is 4.96. The fourth-order valence-corrected chi connectivity index (χ4v) is 10.7. The molecule has 11 atom stereocenters. The number of fused-ring (bicyclic) bond motifs is 5. The van der Waals surface area contributed by atoms with E-state index in [0.29, 0.717) is 19.4 Å². The number of ether oxygens (including phenoxy) is 4. The number of esters is 3. The number of hydrogen-bond acceptors (Lipinski definition) is 9. The smallest absolute Gasteiger partial charge is 0.310 e. The lowest BCUT2D eigenvalue weighted by molar-refractivity contribution is -0.227. The summed E-state index contributed by atoms with van der Waals surface area (Å²) in [5.41, 5.74) is -1.97. The Labute approximate surface area is 256 Å². The van der Waals surface area contributed by atoms with Gasteiger partial charge in [-0.05, 0) is 83.0 Å². The van der Waals surface area contributed by atoms with Gasteiger partial charge in [0.25, 0.3) is 0 Å². The van der Waals surface area contributed by atoms with Gasteiger partial charge in [0.05, 0.1) is 24.7 Å². The second-order valence-corrected chi connectivity index (χ2v) is 15.8. The fraction of sp³-hybridized carbons (Fsp3) is 0.853. The van der Waals surface area contributed by atoms with Gasteiger partial charge in [0.2, 0.25) is 0 Å². The Morgan fingerprint density at radius 3 is 2.16 bits per heavy atom. The average molecular weight is 605 g/mol. The zero-order chi connectivity index (χ0) is 31.9. The maximum atomic E-state index is 13.1. The molecule has 0 amide bonds. The van der Waals surface area contributed by atoms with Crippen LogP contribution in [0.3, 0.4) is 0 Å². The highest BCUT2D eigenvalue weighted by Gasteiger charge is 2.71. The highest BCUT2D eigenvalue weighted by atomic mass is 16.6. The molecule has 4 fully saturated rings. The Hall–Kier alpha value is -1.97. The lowest BCUT2D eigenvalue weighted by Crippen LogP contribution is -2.67. The molecule has 2 N–H and O–H groups in total. The molecule has 0 aromatic heterocycles. The average Bonchev–Trinajstić information content (AvgIpc) is 3.16. The summed E-state index contributed by atoms with van der Waals surface area (Å²) in [7, 11) is 0. The first-order valence-corrected chi connectivity index (χ1v) is 16.1. The van der Waals surface area contributed by atoms with Crippen molar-refractivity contribution < 1.29 is 43.5 Å². The summed E-state index contributed by atoms with van der Waals surface area (Å²) in [6, 6.07) is 0. The standard InChI is InChI=1S/C34H52O9/c1-18(35)41-26-15-25-30(3,4)43-28(38)16-27(42-19(2)36)34(25,9)24-12-13-32(7)21(10-11-23(32)33(24,26)8)20-14-22(37)29(39)31(5,6)40-17-20/h11,20-22,24-27,29,37,39H,10,12-17H2,1-9H3/t20-,21+,22+,24+,25+,26-,27+,29+,32+,33+,34-/m1/s1. The van der Waals surface area contributed by atoms with Crippen LogP contribution in [0.2, 0.25) is 0 Å². The molecule has 2 saturated heterocycles. The van der Waals surface area contributed by atoms with Crippen LogP contribution in [-0.2, 0) is 33.3 Å². The Bertz CT molecular complexity index is 1190. The summed E-state index contributed by atoms with van der Waals surface area (Å²) in [6.07, 6.45) is 2.61. The highest BCUT2D eigenvalue weighted by molar-refractivity contribution is 5.73. The van der Waals surface area contributed by atoms with Crippen LogP contribution in [0.25, 0.3) is 0 Å². The van der Waals surface area contributed by atoms with Gasteiger partial charge in [-0.15, -0.1) is 0 Å². The molecule has 242 valence electrons. The minimum atomic E-state index is -0.974. The molecular weight excluding hydrogens is 552 g/mol. The Morgan fingerprint density at radius 1 is 0.907 bits per heavy atom. The predicted octanol–water partition coefficient (Wildman–Crippen LogP) is 4.51. The molecule has 0 bridgehead atoms. The molecule has 9 heteroatoms. The minimum Gasteiger partial charge on any atom is -0.462 e. The molecule has 2 heterocycles. The van der Waals surface area contributed by atoms with Crippen molar-refractivity contribution in [1.29, 1.82) is 0 Å². The van der Waals surface area contributed by atoms with E-state index in [1.807, 2.05) is 27.7 Å². The molecule has 2 aliphatic heterocycles. The van der Waals surface area contributed by atoms with E-state index in [1.165, 1.54) is 19.4 Å². The van der Waals surface area contributed by atoms with Gasteiger partial charge in [-0.1, -0.05) is 32.4 Å². The Morgan fingerprint density at radius 2 is 1.53 bits per heavy atom. The first kappa shape index (κ1) is 32.4. The maximum absolute atomic E-state index is 13.1. The molecule has 0 radical (unpaired) electrons. The number of allylic oxidation sites excluding steroid dienone is 1. The van der Waals surface area contributed by atoms with Crippen molar-refractivity contribution in [3.8, 4) is 0 Å². The SMILES string of the molecule is CC(=O)O[C@H]1CC(=O)OC(C)(C)[C@@H]2C[C@@H](OC(C)=O)[C@@]3(C)C4=CC[C@@H]([C@H]5COC(C)(C)[C@@H](O)[C@@H](O)C5)[C@]4(C)CC[C@@H]3[C@@]12C. The summed E-state index contributed by atoms with van der Waals surface area (Å²) in [6.45, 7) is 17.4. The Balaban J connectivity index is 1.60. The fourth-order valence-electron chi connectivity index (χ4n) is 10.7. The van der Waals surface area contributed by atoms with Crippen molar-refractivity contribution >= 4 is 17.9 Å². The van der Waals surface area contributed by atoms with Crippen molar-refractivity contribution in [3.63, 3.8) is 0 Å². The first-order chi connectivity index (χ1) is 19.8. The van der Waals surface area contributed by atoms with Gasteiger partial charge in [0, 0.05) is 30.6 Å². The second-order valence-electron chi connectivity index (χ2n) is 15.8. The first-order valence-electron chi connectivity index (χ1n) is 16.1. The number of carbonyl (C=O) groups excluding carboxylic acids is 3. The molecule has 5 rings (SSSR count). The number of rotatable bonds is 3. The van der Waals surface area contributed by atoms with Gasteiger partial charge >= 0.3 is 17.9 Å². The van der Waals surface area contributed by atoms with Crippen LogP contribution >= 0.6 is 0 Å². The highest BCUT2D eigenvalue weighted by Crippen LogP contribution is 2.72.